The highest BCUT2D eigenvalue weighted by Gasteiger charge is 2.16. The van der Waals surface area contributed by atoms with Crippen molar-refractivity contribution in [2.45, 2.75) is 39.2 Å². The molecule has 1 aromatic carbocycles. The summed E-state index contributed by atoms with van der Waals surface area (Å²) in [7, 11) is 0. The Labute approximate surface area is 137 Å². The van der Waals surface area contributed by atoms with Crippen LogP contribution in [-0.2, 0) is 16.0 Å². The van der Waals surface area contributed by atoms with Gasteiger partial charge in [0.15, 0.2) is 0 Å². The predicted octanol–water partition coefficient (Wildman–Crippen LogP) is 1.92. The molecule has 1 unspecified atom stereocenters. The Morgan fingerprint density at radius 3 is 2.55 bits per heavy atom. The predicted molar refractivity (Wildman–Crippen MR) is 89.5 cm³/mol. The zero-order chi connectivity index (χ0) is 15.7. The molecule has 0 saturated heterocycles. The molecule has 1 rings (SSSR count). The molecule has 0 aliphatic heterocycles. The molecule has 1 aromatic rings. The number of rotatable bonds is 9. The molecule has 124 valence electrons. The summed E-state index contributed by atoms with van der Waals surface area (Å²) in [6.45, 7) is 4.54. The van der Waals surface area contributed by atoms with Gasteiger partial charge >= 0.3 is 5.97 Å². The first-order chi connectivity index (χ1) is 10.0. The second-order valence-electron chi connectivity index (χ2n) is 5.09. The molecule has 1 amide bonds. The standard InChI is InChI=1S/C16H24N2O3.ClH/c1-3-6-14(16(20)21)18-11-15(19)17-10-9-13-8-5-4-7-12(13)2;/h4-5,7-8,14,18H,3,6,9-11H2,1-2H3,(H,17,19)(H,20,21);1H. The second kappa shape index (κ2) is 11.0. The smallest absolute Gasteiger partial charge is 0.320 e. The van der Waals surface area contributed by atoms with Gasteiger partial charge in [-0.1, -0.05) is 37.6 Å². The minimum Gasteiger partial charge on any atom is -0.480 e. The topological polar surface area (TPSA) is 78.4 Å². The lowest BCUT2D eigenvalue weighted by Gasteiger charge is -2.13. The summed E-state index contributed by atoms with van der Waals surface area (Å²) >= 11 is 0. The highest BCUT2D eigenvalue weighted by molar-refractivity contribution is 5.85. The van der Waals surface area contributed by atoms with Crippen molar-refractivity contribution in [3.05, 3.63) is 35.4 Å². The van der Waals surface area contributed by atoms with Crippen molar-refractivity contribution in [2.24, 2.45) is 0 Å². The Hall–Kier alpha value is -1.59. The third-order valence-corrected chi connectivity index (χ3v) is 3.36. The molecule has 5 nitrogen and oxygen atoms in total. The van der Waals surface area contributed by atoms with E-state index in [0.29, 0.717) is 13.0 Å². The minimum absolute atomic E-state index is 0. The van der Waals surface area contributed by atoms with E-state index in [4.69, 9.17) is 5.11 Å². The summed E-state index contributed by atoms with van der Waals surface area (Å²) < 4.78 is 0. The van der Waals surface area contributed by atoms with Gasteiger partial charge in [-0.25, -0.2) is 0 Å². The molecular formula is C16H25ClN2O3. The van der Waals surface area contributed by atoms with E-state index in [2.05, 4.69) is 10.6 Å². The molecule has 22 heavy (non-hydrogen) atoms. The zero-order valence-corrected chi connectivity index (χ0v) is 13.9. The van der Waals surface area contributed by atoms with Crippen molar-refractivity contribution < 1.29 is 14.7 Å². The lowest BCUT2D eigenvalue weighted by Crippen LogP contribution is -2.43. The molecule has 0 fully saturated rings. The molecule has 0 saturated carbocycles. The quantitative estimate of drug-likeness (QED) is 0.647. The SMILES string of the molecule is CCCC(NCC(=O)NCCc1ccccc1C)C(=O)O.Cl. The number of aliphatic carboxylic acids is 1. The van der Waals surface area contributed by atoms with Gasteiger partial charge in [0, 0.05) is 6.54 Å². The van der Waals surface area contributed by atoms with E-state index in [-0.39, 0.29) is 24.9 Å². The number of carbonyl (C=O) groups is 2. The highest BCUT2D eigenvalue weighted by Crippen LogP contribution is 2.06. The van der Waals surface area contributed by atoms with E-state index >= 15 is 0 Å². The Morgan fingerprint density at radius 2 is 1.95 bits per heavy atom. The van der Waals surface area contributed by atoms with Gasteiger partial charge < -0.3 is 10.4 Å². The first kappa shape index (κ1) is 20.4. The maximum Gasteiger partial charge on any atom is 0.320 e. The van der Waals surface area contributed by atoms with Crippen LogP contribution < -0.4 is 10.6 Å². The van der Waals surface area contributed by atoms with Crippen LogP contribution in [0.4, 0.5) is 0 Å². The third kappa shape index (κ3) is 7.43. The van der Waals surface area contributed by atoms with Gasteiger partial charge in [0.1, 0.15) is 6.04 Å². The molecule has 0 spiro atoms. The molecule has 0 aliphatic rings. The van der Waals surface area contributed by atoms with Gasteiger partial charge in [-0.15, -0.1) is 12.4 Å². The molecule has 6 heteroatoms. The average Bonchev–Trinajstić information content (AvgIpc) is 2.45. The van der Waals surface area contributed by atoms with Crippen LogP contribution in [0, 0.1) is 6.92 Å². The van der Waals surface area contributed by atoms with Crippen LogP contribution in [0.2, 0.25) is 0 Å². The number of amides is 1. The number of carboxylic acid groups (broad SMARTS) is 1. The van der Waals surface area contributed by atoms with Crippen LogP contribution in [0.25, 0.3) is 0 Å². The number of benzene rings is 1. The largest absolute Gasteiger partial charge is 0.480 e. The van der Waals surface area contributed by atoms with Crippen molar-refractivity contribution in [3.63, 3.8) is 0 Å². The van der Waals surface area contributed by atoms with E-state index in [9.17, 15) is 9.59 Å². The van der Waals surface area contributed by atoms with Crippen LogP contribution in [0.3, 0.4) is 0 Å². The van der Waals surface area contributed by atoms with E-state index in [1.54, 1.807) is 0 Å². The summed E-state index contributed by atoms with van der Waals surface area (Å²) in [5, 5.41) is 14.5. The van der Waals surface area contributed by atoms with Crippen molar-refractivity contribution in [2.75, 3.05) is 13.1 Å². The average molecular weight is 329 g/mol. The molecular weight excluding hydrogens is 304 g/mol. The van der Waals surface area contributed by atoms with Gasteiger partial charge in [0.2, 0.25) is 5.91 Å². The van der Waals surface area contributed by atoms with Crippen LogP contribution in [0.1, 0.15) is 30.9 Å². The highest BCUT2D eigenvalue weighted by atomic mass is 35.5. The number of aryl methyl sites for hydroxylation is 1. The van der Waals surface area contributed by atoms with Crippen LogP contribution in [0.5, 0.6) is 0 Å². The fraction of sp³-hybridized carbons (Fsp3) is 0.500. The number of hydrogen-bond donors (Lipinski definition) is 3. The number of carbonyl (C=O) groups excluding carboxylic acids is 1. The molecule has 1 atom stereocenters. The lowest BCUT2D eigenvalue weighted by molar-refractivity contribution is -0.139. The molecule has 0 bridgehead atoms. The fourth-order valence-corrected chi connectivity index (χ4v) is 2.11. The minimum atomic E-state index is -0.912. The van der Waals surface area contributed by atoms with Crippen LogP contribution in [0.15, 0.2) is 24.3 Å². The molecule has 0 aromatic heterocycles. The third-order valence-electron chi connectivity index (χ3n) is 3.36. The van der Waals surface area contributed by atoms with Crippen molar-refractivity contribution >= 4 is 24.3 Å². The normalized spacial score (nSPS) is 11.4. The number of hydrogen-bond acceptors (Lipinski definition) is 3. The lowest BCUT2D eigenvalue weighted by atomic mass is 10.1. The van der Waals surface area contributed by atoms with Gasteiger partial charge in [0.25, 0.3) is 0 Å². The Bertz CT molecular complexity index is 480. The Kier molecular flexibility index (Phi) is 10.2. The maximum atomic E-state index is 11.7. The second-order valence-corrected chi connectivity index (χ2v) is 5.09. The summed E-state index contributed by atoms with van der Waals surface area (Å²) in [4.78, 5) is 22.6. The van der Waals surface area contributed by atoms with Gasteiger partial charge in [-0.3, -0.25) is 14.9 Å². The summed E-state index contributed by atoms with van der Waals surface area (Å²) in [6.07, 6.45) is 2.06. The summed E-state index contributed by atoms with van der Waals surface area (Å²) in [6, 6.07) is 7.40. The summed E-state index contributed by atoms with van der Waals surface area (Å²) in [5.74, 6) is -1.09. The van der Waals surface area contributed by atoms with Crippen LogP contribution in [-0.4, -0.2) is 36.1 Å². The van der Waals surface area contributed by atoms with E-state index in [1.807, 2.05) is 38.1 Å². The summed E-state index contributed by atoms with van der Waals surface area (Å²) in [5.41, 5.74) is 2.42. The van der Waals surface area contributed by atoms with Crippen molar-refractivity contribution in [1.82, 2.24) is 10.6 Å². The Balaban J connectivity index is 0.00000441. The van der Waals surface area contributed by atoms with Gasteiger partial charge in [-0.05, 0) is 30.9 Å². The fourth-order valence-electron chi connectivity index (χ4n) is 2.11. The van der Waals surface area contributed by atoms with E-state index in [1.165, 1.54) is 11.1 Å². The first-order valence-corrected chi connectivity index (χ1v) is 7.32. The molecule has 0 radical (unpaired) electrons. The molecule has 0 aliphatic carbocycles. The van der Waals surface area contributed by atoms with Gasteiger partial charge in [0.05, 0.1) is 6.54 Å². The number of halogens is 1. The van der Waals surface area contributed by atoms with E-state index < -0.39 is 12.0 Å². The van der Waals surface area contributed by atoms with E-state index in [0.717, 1.165) is 12.8 Å². The van der Waals surface area contributed by atoms with Crippen molar-refractivity contribution in [1.29, 1.82) is 0 Å². The first-order valence-electron chi connectivity index (χ1n) is 7.32. The van der Waals surface area contributed by atoms with Crippen molar-refractivity contribution in [3.8, 4) is 0 Å². The van der Waals surface area contributed by atoms with Crippen LogP contribution >= 0.6 is 12.4 Å². The maximum absolute atomic E-state index is 11.7. The Morgan fingerprint density at radius 1 is 1.27 bits per heavy atom. The number of carboxylic acids is 1. The number of nitrogens with one attached hydrogen (secondary N) is 2. The molecule has 3 N–H and O–H groups in total. The zero-order valence-electron chi connectivity index (χ0n) is 13.1. The van der Waals surface area contributed by atoms with Gasteiger partial charge in [-0.2, -0.15) is 0 Å². The molecule has 0 heterocycles. The monoisotopic (exact) mass is 328 g/mol.